The van der Waals surface area contributed by atoms with Crippen LogP contribution in [0.1, 0.15) is 21.7 Å². The molecule has 32 heavy (non-hydrogen) atoms. The minimum Gasteiger partial charge on any atom is -0.465 e. The van der Waals surface area contributed by atoms with Crippen molar-refractivity contribution in [3.05, 3.63) is 85.9 Å². The first kappa shape index (κ1) is 22.4. The summed E-state index contributed by atoms with van der Waals surface area (Å²) < 4.78 is 11.4. The summed E-state index contributed by atoms with van der Waals surface area (Å²) in [6, 6.07) is 15.7. The largest absolute Gasteiger partial charge is 0.465 e. The second-order valence-corrected chi connectivity index (χ2v) is 9.10. The van der Waals surface area contributed by atoms with Crippen molar-refractivity contribution in [2.24, 2.45) is 0 Å². The van der Waals surface area contributed by atoms with Crippen molar-refractivity contribution in [2.45, 2.75) is 6.54 Å². The average molecular weight is 533 g/mol. The highest BCUT2D eigenvalue weighted by molar-refractivity contribution is 9.10. The van der Waals surface area contributed by atoms with E-state index in [0.717, 1.165) is 21.8 Å². The third-order valence-corrected chi connectivity index (χ3v) is 6.39. The molecule has 3 aromatic rings. The second kappa shape index (κ2) is 9.36. The number of carbonyl (C=O) groups excluding carboxylic acids is 3. The molecule has 0 spiro atoms. The predicted molar refractivity (Wildman–Crippen MR) is 126 cm³/mol. The molecule has 0 N–H and O–H groups in total. The van der Waals surface area contributed by atoms with Gasteiger partial charge in [0.25, 0.3) is 11.1 Å². The van der Waals surface area contributed by atoms with Gasteiger partial charge in [-0.25, -0.2) is 4.79 Å². The lowest BCUT2D eigenvalue weighted by Gasteiger charge is -2.12. The molecule has 0 radical (unpaired) electrons. The van der Waals surface area contributed by atoms with Gasteiger partial charge in [0, 0.05) is 16.1 Å². The van der Waals surface area contributed by atoms with E-state index in [2.05, 4.69) is 15.9 Å². The number of furan rings is 1. The number of amides is 2. The smallest absolute Gasteiger partial charge is 0.339 e. The molecule has 6 nitrogen and oxygen atoms in total. The number of nitrogens with zero attached hydrogens (tertiary/aromatic N) is 1. The number of methoxy groups -OCH3 is 1. The van der Waals surface area contributed by atoms with Gasteiger partial charge in [-0.2, -0.15) is 0 Å². The summed E-state index contributed by atoms with van der Waals surface area (Å²) in [4.78, 5) is 38.5. The highest BCUT2D eigenvalue weighted by Crippen LogP contribution is 2.35. The Bertz CT molecular complexity index is 1270. The van der Waals surface area contributed by atoms with Crippen molar-refractivity contribution in [1.29, 1.82) is 0 Å². The third-order valence-electron chi connectivity index (χ3n) is 4.66. The van der Waals surface area contributed by atoms with Crippen molar-refractivity contribution >= 4 is 62.5 Å². The first-order valence-electron chi connectivity index (χ1n) is 9.33. The fourth-order valence-electron chi connectivity index (χ4n) is 3.11. The van der Waals surface area contributed by atoms with Gasteiger partial charge in [0.15, 0.2) is 0 Å². The van der Waals surface area contributed by atoms with Gasteiger partial charge in [-0.1, -0.05) is 39.7 Å². The van der Waals surface area contributed by atoms with Crippen LogP contribution < -0.4 is 0 Å². The zero-order valence-electron chi connectivity index (χ0n) is 16.6. The standard InChI is InChI=1S/C23H15BrClNO5S/c1-30-22(28)17-10-14(5-7-18(17)25)19-8-6-16(31-19)11-20-21(27)26(23(29)32-20)12-13-3-2-4-15(24)9-13/h2-11H,12H2,1H3/b20-11+. The van der Waals surface area contributed by atoms with Crippen LogP contribution in [-0.2, 0) is 16.1 Å². The lowest BCUT2D eigenvalue weighted by atomic mass is 10.1. The van der Waals surface area contributed by atoms with E-state index in [9.17, 15) is 14.4 Å². The lowest BCUT2D eigenvalue weighted by molar-refractivity contribution is -0.123. The van der Waals surface area contributed by atoms with Crippen LogP contribution in [0.15, 0.2) is 68.4 Å². The summed E-state index contributed by atoms with van der Waals surface area (Å²) in [7, 11) is 1.28. The van der Waals surface area contributed by atoms with Gasteiger partial charge in [0.05, 0.1) is 29.1 Å². The molecule has 0 unspecified atom stereocenters. The van der Waals surface area contributed by atoms with E-state index in [1.54, 1.807) is 30.3 Å². The Morgan fingerprint density at radius 2 is 2.00 bits per heavy atom. The van der Waals surface area contributed by atoms with Crippen molar-refractivity contribution in [2.75, 3.05) is 7.11 Å². The SMILES string of the molecule is COC(=O)c1cc(-c2ccc(/C=C3/SC(=O)N(Cc4cccc(Br)c4)C3=O)o2)ccc1Cl. The molecule has 1 aliphatic heterocycles. The zero-order valence-corrected chi connectivity index (χ0v) is 19.8. The van der Waals surface area contributed by atoms with Gasteiger partial charge >= 0.3 is 5.97 Å². The van der Waals surface area contributed by atoms with Crippen molar-refractivity contribution in [3.8, 4) is 11.3 Å². The van der Waals surface area contributed by atoms with Gasteiger partial charge in [0.1, 0.15) is 11.5 Å². The van der Waals surface area contributed by atoms with Gasteiger partial charge < -0.3 is 9.15 Å². The molecule has 2 heterocycles. The Hall–Kier alpha value is -2.81. The summed E-state index contributed by atoms with van der Waals surface area (Å²) in [5.41, 5.74) is 1.68. The number of halogens is 2. The van der Waals surface area contributed by atoms with E-state index in [4.69, 9.17) is 20.8 Å². The molecule has 0 bridgehead atoms. The van der Waals surface area contributed by atoms with E-state index < -0.39 is 5.97 Å². The maximum absolute atomic E-state index is 12.8. The lowest BCUT2D eigenvalue weighted by Crippen LogP contribution is -2.27. The Morgan fingerprint density at radius 1 is 1.19 bits per heavy atom. The van der Waals surface area contributed by atoms with E-state index in [1.165, 1.54) is 18.1 Å². The molecule has 2 aromatic carbocycles. The minimum atomic E-state index is -0.553. The number of benzene rings is 2. The summed E-state index contributed by atoms with van der Waals surface area (Å²) in [6.07, 6.45) is 1.53. The van der Waals surface area contributed by atoms with Gasteiger partial charge in [-0.05, 0) is 59.8 Å². The Labute approximate surface area is 201 Å². The molecule has 0 aliphatic carbocycles. The molecule has 1 aromatic heterocycles. The van der Waals surface area contributed by atoms with E-state index in [-0.39, 0.29) is 33.2 Å². The molecule has 9 heteroatoms. The quantitative estimate of drug-likeness (QED) is 0.280. The summed E-state index contributed by atoms with van der Waals surface area (Å²) in [5, 5.41) is -0.0695. The Kier molecular flexibility index (Phi) is 6.55. The molecule has 0 saturated carbocycles. The molecule has 162 valence electrons. The first-order valence-corrected chi connectivity index (χ1v) is 11.3. The van der Waals surface area contributed by atoms with E-state index in [1.807, 2.05) is 24.3 Å². The Balaban J connectivity index is 1.55. The van der Waals surface area contributed by atoms with E-state index in [0.29, 0.717) is 17.1 Å². The zero-order chi connectivity index (χ0) is 22.8. The molecule has 0 atom stereocenters. The number of imide groups is 1. The van der Waals surface area contributed by atoms with Crippen LogP contribution in [0.3, 0.4) is 0 Å². The highest BCUT2D eigenvalue weighted by atomic mass is 79.9. The van der Waals surface area contributed by atoms with Crippen LogP contribution in [-0.4, -0.2) is 29.1 Å². The van der Waals surface area contributed by atoms with Crippen LogP contribution in [0.4, 0.5) is 4.79 Å². The number of carbonyl (C=O) groups is 3. The number of hydrogen-bond acceptors (Lipinski definition) is 6. The van der Waals surface area contributed by atoms with Crippen LogP contribution >= 0.6 is 39.3 Å². The number of hydrogen-bond donors (Lipinski definition) is 0. The topological polar surface area (TPSA) is 76.8 Å². The minimum absolute atomic E-state index is 0.186. The summed E-state index contributed by atoms with van der Waals surface area (Å²) in [5.74, 6) is -0.0471. The predicted octanol–water partition coefficient (Wildman–Crippen LogP) is 6.39. The Morgan fingerprint density at radius 3 is 2.75 bits per heavy atom. The van der Waals surface area contributed by atoms with Crippen LogP contribution in [0.2, 0.25) is 5.02 Å². The maximum Gasteiger partial charge on any atom is 0.339 e. The summed E-state index contributed by atoms with van der Waals surface area (Å²) in [6.45, 7) is 0.186. The van der Waals surface area contributed by atoms with E-state index >= 15 is 0 Å². The van der Waals surface area contributed by atoms with Gasteiger partial charge in [-0.3, -0.25) is 14.5 Å². The highest BCUT2D eigenvalue weighted by Gasteiger charge is 2.35. The normalized spacial score (nSPS) is 15.0. The van der Waals surface area contributed by atoms with Gasteiger partial charge in [0.2, 0.25) is 0 Å². The van der Waals surface area contributed by atoms with Crippen molar-refractivity contribution in [3.63, 3.8) is 0 Å². The molecular formula is C23H15BrClNO5S. The fraction of sp³-hybridized carbons (Fsp3) is 0.0870. The number of ether oxygens (including phenoxy) is 1. The first-order chi connectivity index (χ1) is 15.4. The third kappa shape index (κ3) is 4.67. The van der Waals surface area contributed by atoms with Crippen molar-refractivity contribution in [1.82, 2.24) is 4.90 Å². The van der Waals surface area contributed by atoms with Crippen LogP contribution in [0, 0.1) is 0 Å². The molecule has 1 aliphatic rings. The van der Waals surface area contributed by atoms with Crippen LogP contribution in [0.5, 0.6) is 0 Å². The second-order valence-electron chi connectivity index (χ2n) is 6.79. The van der Waals surface area contributed by atoms with Gasteiger partial charge in [-0.15, -0.1) is 0 Å². The average Bonchev–Trinajstić information content (AvgIpc) is 3.34. The monoisotopic (exact) mass is 531 g/mol. The molecule has 4 rings (SSSR count). The summed E-state index contributed by atoms with van der Waals surface area (Å²) >= 11 is 10.3. The fourth-order valence-corrected chi connectivity index (χ4v) is 4.57. The molecule has 1 fully saturated rings. The molecular weight excluding hydrogens is 518 g/mol. The number of esters is 1. The number of thioether (sulfide) groups is 1. The van der Waals surface area contributed by atoms with Crippen molar-refractivity contribution < 1.29 is 23.5 Å². The van der Waals surface area contributed by atoms with Crippen LogP contribution in [0.25, 0.3) is 17.4 Å². The maximum atomic E-state index is 12.8. The molecule has 2 amide bonds. The number of rotatable bonds is 5. The molecule has 1 saturated heterocycles.